The Balaban J connectivity index is 1.76. The third-order valence-corrected chi connectivity index (χ3v) is 3.88. The highest BCUT2D eigenvalue weighted by Crippen LogP contribution is 2.29. The molecule has 1 aromatic heterocycles. The zero-order chi connectivity index (χ0) is 14.5. The molecule has 1 amide bonds. The monoisotopic (exact) mass is 279 g/mol. The van der Waals surface area contributed by atoms with Crippen LogP contribution in [0.1, 0.15) is 32.6 Å². The number of amides is 1. The second-order valence-electron chi connectivity index (χ2n) is 5.56. The fourth-order valence-corrected chi connectivity index (χ4v) is 2.72. The molecule has 1 aliphatic rings. The van der Waals surface area contributed by atoms with Crippen LogP contribution in [-0.2, 0) is 16.1 Å². The number of nitrogens with one attached hydrogen (secondary N) is 1. The zero-order valence-electron chi connectivity index (χ0n) is 11.7. The summed E-state index contributed by atoms with van der Waals surface area (Å²) < 4.78 is 1.92. The Bertz CT molecular complexity index is 450. The number of imidazole rings is 1. The van der Waals surface area contributed by atoms with Crippen molar-refractivity contribution in [2.24, 2.45) is 11.8 Å². The van der Waals surface area contributed by atoms with Crippen molar-refractivity contribution in [3.8, 4) is 0 Å². The van der Waals surface area contributed by atoms with E-state index in [1.807, 2.05) is 17.7 Å². The first-order chi connectivity index (χ1) is 9.56. The highest BCUT2D eigenvalue weighted by Gasteiger charge is 2.30. The van der Waals surface area contributed by atoms with E-state index in [4.69, 9.17) is 5.11 Å². The Hall–Kier alpha value is -1.85. The van der Waals surface area contributed by atoms with Gasteiger partial charge in [-0.1, -0.05) is 0 Å². The second-order valence-corrected chi connectivity index (χ2v) is 5.56. The van der Waals surface area contributed by atoms with Crippen LogP contribution in [0.4, 0.5) is 0 Å². The molecule has 0 radical (unpaired) electrons. The maximum atomic E-state index is 12.1. The highest BCUT2D eigenvalue weighted by atomic mass is 16.4. The molecule has 1 heterocycles. The molecule has 1 aliphatic carbocycles. The SMILES string of the molecule is CC(Cn1ccnc1)NC(=O)C1CCC(C(=O)O)CC1. The smallest absolute Gasteiger partial charge is 0.306 e. The summed E-state index contributed by atoms with van der Waals surface area (Å²) in [4.78, 5) is 27.0. The number of carboxylic acid groups (broad SMARTS) is 1. The van der Waals surface area contributed by atoms with Gasteiger partial charge in [-0.25, -0.2) is 4.98 Å². The molecule has 20 heavy (non-hydrogen) atoms. The molecule has 1 unspecified atom stereocenters. The molecule has 2 N–H and O–H groups in total. The van der Waals surface area contributed by atoms with Gasteiger partial charge in [0.2, 0.25) is 5.91 Å². The number of carbonyl (C=O) groups is 2. The minimum atomic E-state index is -0.739. The maximum Gasteiger partial charge on any atom is 0.306 e. The Morgan fingerprint density at radius 1 is 1.35 bits per heavy atom. The molecule has 1 atom stereocenters. The lowest BCUT2D eigenvalue weighted by molar-refractivity contribution is -0.144. The second kappa shape index (κ2) is 6.54. The van der Waals surface area contributed by atoms with Gasteiger partial charge < -0.3 is 15.0 Å². The lowest BCUT2D eigenvalue weighted by atomic mass is 9.81. The van der Waals surface area contributed by atoms with Crippen LogP contribution in [0.25, 0.3) is 0 Å². The van der Waals surface area contributed by atoms with Gasteiger partial charge in [-0.15, -0.1) is 0 Å². The summed E-state index contributed by atoms with van der Waals surface area (Å²) >= 11 is 0. The first-order valence-electron chi connectivity index (χ1n) is 7.05. The maximum absolute atomic E-state index is 12.1. The lowest BCUT2D eigenvalue weighted by Crippen LogP contribution is -2.40. The Morgan fingerprint density at radius 3 is 2.55 bits per heavy atom. The van der Waals surface area contributed by atoms with Crippen molar-refractivity contribution in [2.75, 3.05) is 0 Å². The quantitative estimate of drug-likeness (QED) is 0.850. The van der Waals surface area contributed by atoms with Gasteiger partial charge >= 0.3 is 5.97 Å². The van der Waals surface area contributed by atoms with Crippen LogP contribution in [0.2, 0.25) is 0 Å². The molecule has 2 rings (SSSR count). The number of aliphatic carboxylic acids is 1. The standard InChI is InChI=1S/C14H21N3O3/c1-10(8-17-7-6-15-9-17)16-13(18)11-2-4-12(5-3-11)14(19)20/h6-7,9-12H,2-5,8H2,1H3,(H,16,18)(H,19,20). The lowest BCUT2D eigenvalue weighted by Gasteiger charge is -2.26. The number of carbonyl (C=O) groups excluding carboxylic acids is 1. The van der Waals surface area contributed by atoms with Crippen molar-refractivity contribution in [3.63, 3.8) is 0 Å². The van der Waals surface area contributed by atoms with Crippen LogP contribution < -0.4 is 5.32 Å². The van der Waals surface area contributed by atoms with Gasteiger partial charge in [-0.2, -0.15) is 0 Å². The van der Waals surface area contributed by atoms with Crippen LogP contribution in [0, 0.1) is 11.8 Å². The first kappa shape index (κ1) is 14.6. The van der Waals surface area contributed by atoms with Crippen LogP contribution in [0.3, 0.4) is 0 Å². The average Bonchev–Trinajstić information content (AvgIpc) is 2.91. The van der Waals surface area contributed by atoms with Crippen LogP contribution in [0.5, 0.6) is 0 Å². The molecule has 6 nitrogen and oxygen atoms in total. The van der Waals surface area contributed by atoms with Crippen LogP contribution in [0.15, 0.2) is 18.7 Å². The molecule has 110 valence electrons. The summed E-state index contributed by atoms with van der Waals surface area (Å²) in [6.45, 7) is 2.65. The van der Waals surface area contributed by atoms with E-state index in [1.54, 1.807) is 12.5 Å². The predicted octanol–water partition coefficient (Wildman–Crippen LogP) is 1.28. The molecule has 1 saturated carbocycles. The number of hydrogen-bond donors (Lipinski definition) is 2. The van der Waals surface area contributed by atoms with Crippen LogP contribution in [-0.4, -0.2) is 32.6 Å². The molecule has 0 aromatic carbocycles. The molecular weight excluding hydrogens is 258 g/mol. The van der Waals surface area contributed by atoms with Gasteiger partial charge in [0.1, 0.15) is 0 Å². The third-order valence-electron chi connectivity index (χ3n) is 3.88. The summed E-state index contributed by atoms with van der Waals surface area (Å²) in [6.07, 6.45) is 7.83. The van der Waals surface area contributed by atoms with Gasteiger partial charge in [0, 0.05) is 30.9 Å². The van der Waals surface area contributed by atoms with E-state index in [9.17, 15) is 9.59 Å². The van der Waals surface area contributed by atoms with E-state index in [0.717, 1.165) is 0 Å². The van der Waals surface area contributed by atoms with E-state index in [0.29, 0.717) is 32.2 Å². The van der Waals surface area contributed by atoms with E-state index in [2.05, 4.69) is 10.3 Å². The molecule has 0 saturated heterocycles. The van der Waals surface area contributed by atoms with E-state index in [1.165, 1.54) is 0 Å². The third kappa shape index (κ3) is 3.82. The average molecular weight is 279 g/mol. The van der Waals surface area contributed by atoms with Crippen molar-refractivity contribution in [3.05, 3.63) is 18.7 Å². The fourth-order valence-electron chi connectivity index (χ4n) is 2.72. The fraction of sp³-hybridized carbons (Fsp3) is 0.643. The topological polar surface area (TPSA) is 84.2 Å². The molecule has 6 heteroatoms. The van der Waals surface area contributed by atoms with Gasteiger partial charge in [-0.3, -0.25) is 9.59 Å². The number of nitrogens with zero attached hydrogens (tertiary/aromatic N) is 2. The molecule has 1 fully saturated rings. The predicted molar refractivity (Wildman–Crippen MR) is 72.9 cm³/mol. The Labute approximate surface area is 118 Å². The minimum absolute atomic E-state index is 0.0360. The van der Waals surface area contributed by atoms with E-state index < -0.39 is 5.97 Å². The molecule has 0 aliphatic heterocycles. The van der Waals surface area contributed by atoms with Gasteiger partial charge in [-0.05, 0) is 32.6 Å². The Morgan fingerprint density at radius 2 is 2.00 bits per heavy atom. The van der Waals surface area contributed by atoms with Crippen molar-refractivity contribution in [1.29, 1.82) is 0 Å². The van der Waals surface area contributed by atoms with Crippen LogP contribution >= 0.6 is 0 Å². The summed E-state index contributed by atoms with van der Waals surface area (Å²) in [5, 5.41) is 11.9. The molecule has 0 spiro atoms. The molecular formula is C14H21N3O3. The van der Waals surface area contributed by atoms with Crippen molar-refractivity contribution >= 4 is 11.9 Å². The number of rotatable bonds is 5. The summed E-state index contributed by atoms with van der Waals surface area (Å²) in [7, 11) is 0. The minimum Gasteiger partial charge on any atom is -0.481 e. The molecule has 0 bridgehead atoms. The number of carboxylic acids is 1. The Kier molecular flexibility index (Phi) is 4.76. The molecule has 1 aromatic rings. The summed E-state index contributed by atoms with van der Waals surface area (Å²) in [6, 6.07) is 0.0360. The van der Waals surface area contributed by atoms with Crippen molar-refractivity contribution < 1.29 is 14.7 Å². The summed E-state index contributed by atoms with van der Waals surface area (Å²) in [5.74, 6) is -1.02. The van der Waals surface area contributed by atoms with Gasteiger partial charge in [0.15, 0.2) is 0 Å². The van der Waals surface area contributed by atoms with Crippen molar-refractivity contribution in [1.82, 2.24) is 14.9 Å². The summed E-state index contributed by atoms with van der Waals surface area (Å²) in [5.41, 5.74) is 0. The first-order valence-corrected chi connectivity index (χ1v) is 7.05. The van der Waals surface area contributed by atoms with Crippen molar-refractivity contribution in [2.45, 2.75) is 45.2 Å². The highest BCUT2D eigenvalue weighted by molar-refractivity contribution is 5.79. The van der Waals surface area contributed by atoms with E-state index >= 15 is 0 Å². The largest absolute Gasteiger partial charge is 0.481 e. The zero-order valence-corrected chi connectivity index (χ0v) is 11.7. The van der Waals surface area contributed by atoms with Gasteiger partial charge in [0.25, 0.3) is 0 Å². The number of hydrogen-bond acceptors (Lipinski definition) is 3. The van der Waals surface area contributed by atoms with E-state index in [-0.39, 0.29) is 23.8 Å². The number of aromatic nitrogens is 2. The van der Waals surface area contributed by atoms with Gasteiger partial charge in [0.05, 0.1) is 12.2 Å². The normalized spacial score (nSPS) is 24.1.